The van der Waals surface area contributed by atoms with Crippen LogP contribution in [0.3, 0.4) is 0 Å². The summed E-state index contributed by atoms with van der Waals surface area (Å²) in [5.74, 6) is -0.225. The second-order valence-corrected chi connectivity index (χ2v) is 22.3. The van der Waals surface area contributed by atoms with Gasteiger partial charge in [-0.15, -0.1) is 0 Å². The fraction of sp³-hybridized carbons (Fsp3) is 0.948. The highest BCUT2D eigenvalue weighted by molar-refractivity contribution is 7.80. The molecule has 1 heterocycles. The summed E-state index contributed by atoms with van der Waals surface area (Å²) in [4.78, 5) is 13.1. The van der Waals surface area contributed by atoms with Gasteiger partial charge in [-0.05, 0) is 38.5 Å². The maximum atomic E-state index is 13.1. The lowest BCUT2D eigenvalue weighted by Gasteiger charge is -2.41. The number of carbonyl (C=O) groups is 1. The van der Waals surface area contributed by atoms with E-state index < -0.39 is 59.9 Å². The van der Waals surface area contributed by atoms with E-state index in [1.54, 1.807) is 0 Å². The summed E-state index contributed by atoms with van der Waals surface area (Å²) in [6.45, 7) is 3.48. The lowest BCUT2D eigenvalue weighted by molar-refractivity contribution is -0.298. The second kappa shape index (κ2) is 48.5. The molecule has 1 aliphatic heterocycles. The molecule has 1 rings (SSSR count). The van der Waals surface area contributed by atoms with E-state index in [-0.39, 0.29) is 12.5 Å². The van der Waals surface area contributed by atoms with Crippen molar-refractivity contribution in [3.63, 3.8) is 0 Å². The van der Waals surface area contributed by atoms with E-state index >= 15 is 0 Å². The number of amides is 1. The molecule has 0 aromatic carbocycles. The van der Waals surface area contributed by atoms with Crippen LogP contribution in [-0.2, 0) is 28.9 Å². The predicted molar refractivity (Wildman–Crippen MR) is 292 cm³/mol. The van der Waals surface area contributed by atoms with Crippen LogP contribution in [-0.4, -0.2) is 95.4 Å². The maximum Gasteiger partial charge on any atom is 0.397 e. The molecule has 1 aliphatic rings. The second-order valence-electron chi connectivity index (χ2n) is 21.3. The maximum absolute atomic E-state index is 13.1. The van der Waals surface area contributed by atoms with Crippen molar-refractivity contribution in [2.75, 3.05) is 13.2 Å². The Hall–Kier alpha value is -1.16. The molecule has 0 saturated carbocycles. The van der Waals surface area contributed by atoms with Gasteiger partial charge in [0, 0.05) is 6.42 Å². The van der Waals surface area contributed by atoms with Gasteiger partial charge in [-0.25, -0.2) is 4.18 Å². The van der Waals surface area contributed by atoms with Crippen LogP contribution in [0, 0.1) is 0 Å². The zero-order valence-electron chi connectivity index (χ0n) is 45.8. The van der Waals surface area contributed by atoms with Crippen LogP contribution in [0.2, 0.25) is 0 Å². The molecule has 7 unspecified atom stereocenters. The highest BCUT2D eigenvalue weighted by Crippen LogP contribution is 2.26. The van der Waals surface area contributed by atoms with E-state index in [2.05, 4.69) is 35.5 Å². The van der Waals surface area contributed by atoms with E-state index in [4.69, 9.17) is 9.47 Å². The molecule has 0 aromatic rings. The van der Waals surface area contributed by atoms with Crippen molar-refractivity contribution in [3.8, 4) is 0 Å². The molecule has 1 amide bonds. The van der Waals surface area contributed by atoms with Gasteiger partial charge in [0.15, 0.2) is 6.29 Å². The number of nitrogens with one attached hydrogen (secondary N) is 1. The number of hydrogen-bond donors (Lipinski definition) is 6. The monoisotopic (exact) mass is 1030 g/mol. The molecule has 0 spiro atoms. The van der Waals surface area contributed by atoms with E-state index in [1.165, 1.54) is 218 Å². The van der Waals surface area contributed by atoms with Crippen molar-refractivity contribution in [3.05, 3.63) is 12.2 Å². The van der Waals surface area contributed by atoms with E-state index in [0.717, 1.165) is 51.4 Å². The number of aliphatic hydroxyl groups excluding tert-OH is 4. The lowest BCUT2D eigenvalue weighted by atomic mass is 9.99. The van der Waals surface area contributed by atoms with Gasteiger partial charge in [0.1, 0.15) is 24.4 Å². The Labute approximate surface area is 436 Å². The molecule has 6 N–H and O–H groups in total. The van der Waals surface area contributed by atoms with Crippen LogP contribution in [0.25, 0.3) is 0 Å². The Morgan fingerprint density at radius 3 is 1.27 bits per heavy atom. The van der Waals surface area contributed by atoms with Crippen molar-refractivity contribution in [2.45, 2.75) is 339 Å². The highest BCUT2D eigenvalue weighted by Gasteiger charge is 2.48. The first-order chi connectivity index (χ1) is 34.5. The fourth-order valence-electron chi connectivity index (χ4n) is 9.93. The van der Waals surface area contributed by atoms with Gasteiger partial charge in [0.05, 0.1) is 25.4 Å². The van der Waals surface area contributed by atoms with Crippen LogP contribution in [0.1, 0.15) is 296 Å². The molecule has 0 aliphatic carbocycles. The number of allylic oxidation sites excluding steroid dienone is 2. The molecule has 13 heteroatoms. The van der Waals surface area contributed by atoms with E-state index in [9.17, 15) is 38.2 Å². The Kier molecular flexibility index (Phi) is 46.3. The summed E-state index contributed by atoms with van der Waals surface area (Å²) in [6, 6.07) is -0.854. The van der Waals surface area contributed by atoms with Crippen molar-refractivity contribution in [2.24, 2.45) is 0 Å². The van der Waals surface area contributed by atoms with Crippen LogP contribution >= 0.6 is 0 Å². The molecule has 71 heavy (non-hydrogen) atoms. The summed E-state index contributed by atoms with van der Waals surface area (Å²) in [6.07, 6.45) is 49.6. The van der Waals surface area contributed by atoms with Gasteiger partial charge in [0.25, 0.3) is 0 Å². The van der Waals surface area contributed by atoms with Gasteiger partial charge >= 0.3 is 10.4 Å². The van der Waals surface area contributed by atoms with Gasteiger partial charge in [-0.1, -0.05) is 264 Å². The van der Waals surface area contributed by atoms with Crippen LogP contribution < -0.4 is 5.32 Å². The zero-order chi connectivity index (χ0) is 51.9. The summed E-state index contributed by atoms with van der Waals surface area (Å²) >= 11 is 0. The van der Waals surface area contributed by atoms with Crippen LogP contribution in [0.4, 0.5) is 0 Å². The molecular weight excluding hydrogens is 919 g/mol. The first-order valence-corrected chi connectivity index (χ1v) is 31.4. The predicted octanol–water partition coefficient (Wildman–Crippen LogP) is 14.2. The number of aliphatic hydroxyl groups is 4. The smallest absolute Gasteiger partial charge is 0.394 e. The zero-order valence-corrected chi connectivity index (χ0v) is 46.6. The SMILES string of the molecule is CCCCCCCCCCCCCC/C=C\CCCCCCCCCCCCCCCCCCC(=O)NC(COC1OC(CO)C(O)C(OS(=O)(=O)O)C1O)C(O)CCCCCCCCCCCCCC. The third kappa shape index (κ3) is 40.8. The van der Waals surface area contributed by atoms with Gasteiger partial charge in [-0.3, -0.25) is 9.35 Å². The van der Waals surface area contributed by atoms with Gasteiger partial charge < -0.3 is 35.2 Å². The molecule has 0 radical (unpaired) electrons. The average Bonchev–Trinajstić information content (AvgIpc) is 3.34. The molecular formula is C58H113NO11S. The highest BCUT2D eigenvalue weighted by atomic mass is 32.3. The van der Waals surface area contributed by atoms with Crippen molar-refractivity contribution >= 4 is 16.3 Å². The van der Waals surface area contributed by atoms with E-state index in [1.807, 2.05) is 0 Å². The fourth-order valence-corrected chi connectivity index (χ4v) is 10.4. The Morgan fingerprint density at radius 2 is 0.901 bits per heavy atom. The van der Waals surface area contributed by atoms with Crippen molar-refractivity contribution < 1.29 is 51.8 Å². The first kappa shape index (κ1) is 67.9. The number of carbonyl (C=O) groups excluding carboxylic acids is 1. The largest absolute Gasteiger partial charge is 0.397 e. The standard InChI is InChI=1S/C58H113NO11S/c1-3-5-7-9-11-13-15-17-18-19-20-21-22-23-24-25-26-27-28-29-30-31-32-33-34-35-36-38-40-42-44-46-48-54(62)59-51(52(61)47-45-43-41-39-37-16-14-12-10-8-6-4-2)50-68-58-56(64)57(70-71(65,66)67)55(63)53(49-60)69-58/h23-24,51-53,55-58,60-61,63-64H,3-22,25-50H2,1-2H3,(H,59,62)(H,65,66,67)/b24-23-. The molecule has 7 atom stereocenters. The average molecular weight is 1030 g/mol. The number of unbranched alkanes of at least 4 members (excludes halogenated alkanes) is 39. The molecule has 0 bridgehead atoms. The number of hydrogen-bond acceptors (Lipinski definition) is 10. The minimum atomic E-state index is -5.08. The van der Waals surface area contributed by atoms with Crippen molar-refractivity contribution in [1.82, 2.24) is 5.32 Å². The van der Waals surface area contributed by atoms with E-state index in [0.29, 0.717) is 12.8 Å². The topological polar surface area (TPSA) is 192 Å². The quantitative estimate of drug-likeness (QED) is 0.0193. The lowest BCUT2D eigenvalue weighted by Crippen LogP contribution is -2.61. The minimum Gasteiger partial charge on any atom is -0.394 e. The summed E-state index contributed by atoms with van der Waals surface area (Å²) < 4.78 is 47.8. The Morgan fingerprint density at radius 1 is 0.549 bits per heavy atom. The summed E-state index contributed by atoms with van der Waals surface area (Å²) in [5.41, 5.74) is 0. The third-order valence-electron chi connectivity index (χ3n) is 14.6. The molecule has 1 fully saturated rings. The van der Waals surface area contributed by atoms with Gasteiger partial charge in [-0.2, -0.15) is 8.42 Å². The van der Waals surface area contributed by atoms with Gasteiger partial charge in [0.2, 0.25) is 5.91 Å². The normalized spacial score (nSPS) is 19.5. The molecule has 0 aromatic heterocycles. The third-order valence-corrected chi connectivity index (χ3v) is 15.0. The van der Waals surface area contributed by atoms with Crippen LogP contribution in [0.15, 0.2) is 12.2 Å². The Balaban J connectivity index is 2.20. The summed E-state index contributed by atoms with van der Waals surface area (Å²) in [5, 5.41) is 45.0. The minimum absolute atomic E-state index is 0.225. The number of rotatable bonds is 53. The summed E-state index contributed by atoms with van der Waals surface area (Å²) in [7, 11) is -5.08. The first-order valence-electron chi connectivity index (χ1n) is 30.1. The molecule has 422 valence electrons. The van der Waals surface area contributed by atoms with Crippen LogP contribution in [0.5, 0.6) is 0 Å². The number of ether oxygens (including phenoxy) is 2. The Bertz CT molecular complexity index is 1310. The molecule has 12 nitrogen and oxygen atoms in total. The van der Waals surface area contributed by atoms with Crippen molar-refractivity contribution in [1.29, 1.82) is 0 Å². The molecule has 1 saturated heterocycles.